The normalized spacial score (nSPS) is 17.0. The van der Waals surface area contributed by atoms with Crippen molar-refractivity contribution in [1.29, 1.82) is 0 Å². The molecule has 0 aromatic heterocycles. The van der Waals surface area contributed by atoms with Crippen LogP contribution in [0.5, 0.6) is 0 Å². The molecular formula is C42H54Cl2N2O2Ti. The first-order valence-corrected chi connectivity index (χ1v) is 20.9. The Labute approximate surface area is 312 Å². The second-order valence-electron chi connectivity index (χ2n) is 16.3. The molecule has 2 N–H and O–H groups in total. The van der Waals surface area contributed by atoms with Crippen molar-refractivity contribution in [3.8, 4) is 0 Å². The Balaban J connectivity index is 0.000000315. The van der Waals surface area contributed by atoms with Crippen LogP contribution in [0.4, 0.5) is 11.4 Å². The fraction of sp³-hybridized carbons (Fsp3) is 0.381. The van der Waals surface area contributed by atoms with Crippen LogP contribution in [0.15, 0.2) is 131 Å². The predicted octanol–water partition coefficient (Wildman–Crippen LogP) is 12.4. The number of halogens is 2. The van der Waals surface area contributed by atoms with Crippen LogP contribution in [-0.2, 0) is 26.6 Å². The number of Topliss-reactive ketones (excluding diaryl/α,β-unsaturated/α-hetero) is 2. The topological polar surface area (TPSA) is 58.2 Å². The molecule has 0 spiro atoms. The summed E-state index contributed by atoms with van der Waals surface area (Å²) in [6.07, 6.45) is 11.8. The van der Waals surface area contributed by atoms with Gasteiger partial charge in [-0.2, -0.15) is 0 Å². The van der Waals surface area contributed by atoms with Crippen LogP contribution in [-0.4, -0.2) is 11.6 Å². The van der Waals surface area contributed by atoms with E-state index in [1.807, 2.05) is 85.2 Å². The quantitative estimate of drug-likeness (QED) is 0.242. The summed E-state index contributed by atoms with van der Waals surface area (Å²) in [5, 5.41) is 6.47. The van der Waals surface area contributed by atoms with Gasteiger partial charge in [0.2, 0.25) is 0 Å². The zero-order valence-corrected chi connectivity index (χ0v) is 34.4. The summed E-state index contributed by atoms with van der Waals surface area (Å²) in [7, 11) is 9.78. The van der Waals surface area contributed by atoms with Crippen LogP contribution in [0.25, 0.3) is 0 Å². The SMILES string of the molecule is CC(C)(C)C1=C/C(=C/Nc2ccccc2)C(=O)C(C(C)(C)C)=C1.CC(C)(C)C1=C/C(=C\Nc2ccccc2)C(=O)C(C(C)(C)C)=C1.[Cl][Ti][Cl]. The molecule has 0 aliphatic heterocycles. The van der Waals surface area contributed by atoms with Crippen molar-refractivity contribution in [2.24, 2.45) is 21.7 Å². The third kappa shape index (κ3) is 13.4. The molecule has 7 heteroatoms. The van der Waals surface area contributed by atoms with Crippen LogP contribution < -0.4 is 10.6 Å². The molecule has 2 aliphatic carbocycles. The van der Waals surface area contributed by atoms with Gasteiger partial charge in [0.05, 0.1) is 0 Å². The number of hydrogen-bond acceptors (Lipinski definition) is 4. The van der Waals surface area contributed by atoms with Gasteiger partial charge in [0, 0.05) is 46.1 Å². The monoisotopic (exact) mass is 736 g/mol. The maximum absolute atomic E-state index is 12.8. The van der Waals surface area contributed by atoms with Gasteiger partial charge in [-0.1, -0.05) is 132 Å². The summed E-state index contributed by atoms with van der Waals surface area (Å²) in [5.74, 6) is 0.211. The molecule has 49 heavy (non-hydrogen) atoms. The van der Waals surface area contributed by atoms with E-state index in [9.17, 15) is 9.59 Å². The molecule has 2 aromatic carbocycles. The first-order valence-electron chi connectivity index (χ1n) is 16.6. The number of hydrogen-bond donors (Lipinski definition) is 2. The first kappa shape index (κ1) is 42.3. The number of benzene rings is 2. The number of carbonyl (C=O) groups is 2. The molecule has 0 heterocycles. The summed E-state index contributed by atoms with van der Waals surface area (Å²) in [6.45, 7) is 25.6. The summed E-state index contributed by atoms with van der Waals surface area (Å²) >= 11 is -0.556. The van der Waals surface area contributed by atoms with E-state index >= 15 is 0 Å². The maximum atomic E-state index is 12.8. The molecule has 0 unspecified atom stereocenters. The summed E-state index contributed by atoms with van der Waals surface area (Å²) in [5.41, 5.74) is 7.14. The van der Waals surface area contributed by atoms with Crippen molar-refractivity contribution >= 4 is 41.6 Å². The van der Waals surface area contributed by atoms with Gasteiger partial charge in [-0.05, 0) is 69.2 Å². The summed E-state index contributed by atoms with van der Waals surface area (Å²) in [4.78, 5) is 25.7. The minimum atomic E-state index is -0.556. The number of anilines is 2. The van der Waals surface area contributed by atoms with Gasteiger partial charge >= 0.3 is 35.6 Å². The second-order valence-corrected chi connectivity index (χ2v) is 18.8. The Kier molecular flexibility index (Phi) is 15.4. The number of allylic oxidation sites excluding steroid dienone is 10. The Morgan fingerprint density at radius 2 is 0.776 bits per heavy atom. The zero-order chi connectivity index (χ0) is 37.2. The third-order valence-electron chi connectivity index (χ3n) is 7.92. The molecular weight excluding hydrogens is 683 g/mol. The summed E-state index contributed by atoms with van der Waals surface area (Å²) < 4.78 is 0. The van der Waals surface area contributed by atoms with E-state index < -0.39 is 17.0 Å². The van der Waals surface area contributed by atoms with Gasteiger partial charge in [0.25, 0.3) is 0 Å². The first-order chi connectivity index (χ1) is 22.6. The molecule has 0 atom stereocenters. The Hall–Kier alpha value is -2.89. The molecule has 4 rings (SSSR count). The van der Waals surface area contributed by atoms with Crippen LogP contribution in [0.3, 0.4) is 0 Å². The van der Waals surface area contributed by atoms with Gasteiger partial charge in [0.15, 0.2) is 11.6 Å². The van der Waals surface area contributed by atoms with Gasteiger partial charge < -0.3 is 10.6 Å². The Bertz CT molecular complexity index is 1510. The minimum absolute atomic E-state index is 0.00301. The third-order valence-corrected chi connectivity index (χ3v) is 7.92. The van der Waals surface area contributed by atoms with E-state index in [1.54, 1.807) is 0 Å². The van der Waals surface area contributed by atoms with Crippen molar-refractivity contribution in [3.05, 3.63) is 131 Å². The van der Waals surface area contributed by atoms with Gasteiger partial charge in [-0.25, -0.2) is 0 Å². The average molecular weight is 738 g/mol. The molecule has 0 saturated carbocycles. The second kappa shape index (κ2) is 17.9. The van der Waals surface area contributed by atoms with Crippen LogP contribution in [0, 0.1) is 21.7 Å². The molecule has 2 aliphatic rings. The van der Waals surface area contributed by atoms with E-state index in [2.05, 4.69) is 106 Å². The molecule has 2 aromatic rings. The van der Waals surface area contributed by atoms with Gasteiger partial charge in [-0.15, -0.1) is 0 Å². The fourth-order valence-corrected chi connectivity index (χ4v) is 4.89. The number of para-hydroxylation sites is 2. The molecule has 0 amide bonds. The number of ketones is 2. The molecule has 0 radical (unpaired) electrons. The van der Waals surface area contributed by atoms with Crippen molar-refractivity contribution in [2.45, 2.75) is 83.1 Å². The average Bonchev–Trinajstić information content (AvgIpc) is 2.99. The molecule has 262 valence electrons. The Morgan fingerprint density at radius 3 is 1.02 bits per heavy atom. The molecule has 0 saturated heterocycles. The van der Waals surface area contributed by atoms with E-state index in [1.165, 1.54) is 11.1 Å². The molecule has 0 fully saturated rings. The van der Waals surface area contributed by atoms with E-state index in [0.717, 1.165) is 22.5 Å². The fourth-order valence-electron chi connectivity index (χ4n) is 4.89. The number of nitrogens with one attached hydrogen (secondary N) is 2. The Morgan fingerprint density at radius 1 is 0.490 bits per heavy atom. The zero-order valence-electron chi connectivity index (χ0n) is 31.3. The standard InChI is InChI=1S/2C21H27NO.2ClH.Ti/c2*1-20(2,3)16-12-15(14-22-17-10-8-7-9-11-17)19(23)18(13-16)21(4,5)6;;;/h2*7-14,22H,1-6H3;2*1H;/q;;;;+2/p-2/b15-14+;15-14-;;;. The van der Waals surface area contributed by atoms with Crippen molar-refractivity contribution in [1.82, 2.24) is 0 Å². The number of rotatable bonds is 4. The van der Waals surface area contributed by atoms with Crippen LogP contribution >= 0.6 is 18.6 Å². The van der Waals surface area contributed by atoms with Crippen LogP contribution in [0.1, 0.15) is 83.1 Å². The number of carbonyl (C=O) groups excluding carboxylic acids is 2. The predicted molar refractivity (Wildman–Crippen MR) is 208 cm³/mol. The van der Waals surface area contributed by atoms with E-state index in [-0.39, 0.29) is 33.2 Å². The molecule has 0 bridgehead atoms. The van der Waals surface area contributed by atoms with Crippen molar-refractivity contribution in [2.75, 3.05) is 10.6 Å². The summed E-state index contributed by atoms with van der Waals surface area (Å²) in [6, 6.07) is 19.8. The van der Waals surface area contributed by atoms with Crippen molar-refractivity contribution < 1.29 is 26.6 Å². The van der Waals surface area contributed by atoms with Crippen molar-refractivity contribution in [3.63, 3.8) is 0 Å². The van der Waals surface area contributed by atoms with Gasteiger partial charge in [0.1, 0.15) is 0 Å². The van der Waals surface area contributed by atoms with E-state index in [4.69, 9.17) is 18.6 Å². The van der Waals surface area contributed by atoms with Gasteiger partial charge in [-0.3, -0.25) is 9.59 Å². The van der Waals surface area contributed by atoms with E-state index in [0.29, 0.717) is 11.1 Å². The van der Waals surface area contributed by atoms with Crippen LogP contribution in [0.2, 0.25) is 0 Å². The molecule has 4 nitrogen and oxygen atoms in total.